The minimum absolute atomic E-state index is 0.0996. The SMILES string of the molecule is CC=CCN1CC(=O)NC(c2ccc3ccc(Oc4ccc(Oc5ccccc5)c5ccccc45)c(N=CCCc4ccccc4)c3c2)=N1. The molecule has 7 rings (SSSR count). The van der Waals surface area contributed by atoms with Crippen LogP contribution in [0.3, 0.4) is 0 Å². The van der Waals surface area contributed by atoms with E-state index in [9.17, 15) is 4.79 Å². The van der Waals surface area contributed by atoms with Gasteiger partial charge in [-0.1, -0.05) is 103 Å². The second-order valence-electron chi connectivity index (χ2n) is 11.7. The molecule has 1 amide bonds. The van der Waals surface area contributed by atoms with Crippen molar-refractivity contribution in [1.29, 1.82) is 0 Å². The molecule has 0 unspecified atom stereocenters. The number of allylic oxidation sites excluding steroid dienone is 1. The fourth-order valence-electron chi connectivity index (χ4n) is 5.84. The van der Waals surface area contributed by atoms with Gasteiger partial charge in [-0.05, 0) is 67.1 Å². The average Bonchev–Trinajstić information content (AvgIpc) is 3.14. The van der Waals surface area contributed by atoms with Gasteiger partial charge in [-0.25, -0.2) is 0 Å². The van der Waals surface area contributed by atoms with Crippen molar-refractivity contribution in [2.24, 2.45) is 10.1 Å². The summed E-state index contributed by atoms with van der Waals surface area (Å²) >= 11 is 0. The number of fused-ring (bicyclic) bond motifs is 2. The largest absolute Gasteiger partial charge is 0.457 e. The van der Waals surface area contributed by atoms with Crippen LogP contribution >= 0.6 is 0 Å². The Bertz CT molecular complexity index is 2190. The van der Waals surface area contributed by atoms with Gasteiger partial charge in [0.25, 0.3) is 0 Å². The van der Waals surface area contributed by atoms with Gasteiger partial charge in [0.2, 0.25) is 5.91 Å². The number of amides is 1. The van der Waals surface area contributed by atoms with Gasteiger partial charge in [0, 0.05) is 27.9 Å². The Labute approximate surface area is 285 Å². The van der Waals surface area contributed by atoms with E-state index in [0.717, 1.165) is 51.4 Å². The Morgan fingerprint density at radius 3 is 2.20 bits per heavy atom. The Hall–Kier alpha value is -6.21. The first-order valence-electron chi connectivity index (χ1n) is 16.5. The van der Waals surface area contributed by atoms with E-state index in [-0.39, 0.29) is 12.5 Å². The molecule has 0 aromatic heterocycles. The van der Waals surface area contributed by atoms with Crippen molar-refractivity contribution in [1.82, 2.24) is 10.3 Å². The van der Waals surface area contributed by atoms with Gasteiger partial charge in [-0.3, -0.25) is 14.8 Å². The standard InChI is InChI=1S/C42H36N4O3/c1-2-3-27-46-29-40(47)44-42(45-46)32-21-20-31-22-23-39(41(36(31)28-32)43-26-12-15-30-13-6-4-7-14-30)49-38-25-24-37(34-18-10-11-19-35(34)38)48-33-16-8-5-9-17-33/h2-11,13-14,16-26,28H,12,15,27,29H2,1H3,(H,44,45,47). The number of nitrogens with zero attached hydrogens (tertiary/aromatic N) is 3. The maximum Gasteiger partial charge on any atom is 0.246 e. The number of benzene rings is 6. The second-order valence-corrected chi connectivity index (χ2v) is 11.7. The van der Waals surface area contributed by atoms with Crippen molar-refractivity contribution in [3.05, 3.63) is 151 Å². The summed E-state index contributed by atoms with van der Waals surface area (Å²) in [6.07, 6.45) is 7.52. The highest BCUT2D eigenvalue weighted by molar-refractivity contribution is 6.12. The highest BCUT2D eigenvalue weighted by atomic mass is 16.5. The number of hydrogen-bond donors (Lipinski definition) is 1. The van der Waals surface area contributed by atoms with E-state index in [1.54, 1.807) is 5.01 Å². The summed E-state index contributed by atoms with van der Waals surface area (Å²) in [6, 6.07) is 42.1. The van der Waals surface area contributed by atoms with Crippen LogP contribution in [-0.2, 0) is 11.2 Å². The van der Waals surface area contributed by atoms with Crippen LogP contribution in [0, 0.1) is 0 Å². The minimum atomic E-state index is -0.0996. The molecule has 0 fully saturated rings. The van der Waals surface area contributed by atoms with Crippen LogP contribution in [-0.4, -0.2) is 36.1 Å². The quantitative estimate of drug-likeness (QED) is 0.113. The van der Waals surface area contributed by atoms with Crippen molar-refractivity contribution in [3.8, 4) is 23.0 Å². The molecule has 6 aromatic rings. The van der Waals surface area contributed by atoms with Crippen molar-refractivity contribution in [3.63, 3.8) is 0 Å². The average molecular weight is 645 g/mol. The van der Waals surface area contributed by atoms with Crippen LogP contribution in [0.5, 0.6) is 23.0 Å². The summed E-state index contributed by atoms with van der Waals surface area (Å²) in [6.45, 7) is 2.72. The Morgan fingerprint density at radius 1 is 0.776 bits per heavy atom. The van der Waals surface area contributed by atoms with Gasteiger partial charge < -0.3 is 14.8 Å². The molecule has 0 aliphatic carbocycles. The number of aryl methyl sites for hydroxylation is 1. The number of carbonyl (C=O) groups is 1. The van der Waals surface area contributed by atoms with Crippen LogP contribution in [0.25, 0.3) is 21.5 Å². The Morgan fingerprint density at radius 2 is 1.45 bits per heavy atom. The van der Waals surface area contributed by atoms with Crippen molar-refractivity contribution in [2.45, 2.75) is 19.8 Å². The number of hydrogen-bond acceptors (Lipinski definition) is 6. The van der Waals surface area contributed by atoms with Crippen LogP contribution in [0.15, 0.2) is 150 Å². The molecule has 6 aromatic carbocycles. The van der Waals surface area contributed by atoms with E-state index < -0.39 is 0 Å². The molecule has 1 aliphatic heterocycles. The topological polar surface area (TPSA) is 75.5 Å². The van der Waals surface area contributed by atoms with E-state index in [2.05, 4.69) is 29.6 Å². The smallest absolute Gasteiger partial charge is 0.246 e. The molecule has 0 atom stereocenters. The maximum absolute atomic E-state index is 12.6. The number of amidine groups is 1. The molecular formula is C42H36N4O3. The summed E-state index contributed by atoms with van der Waals surface area (Å²) < 4.78 is 13.0. The van der Waals surface area contributed by atoms with Gasteiger partial charge in [0.15, 0.2) is 11.6 Å². The molecule has 49 heavy (non-hydrogen) atoms. The third kappa shape index (κ3) is 7.36. The fourth-order valence-corrected chi connectivity index (χ4v) is 5.84. The normalized spacial score (nSPS) is 13.3. The summed E-state index contributed by atoms with van der Waals surface area (Å²) in [7, 11) is 0. The minimum Gasteiger partial charge on any atom is -0.457 e. The van der Waals surface area contributed by atoms with E-state index >= 15 is 0 Å². The third-order valence-electron chi connectivity index (χ3n) is 8.27. The number of rotatable bonds is 11. The van der Waals surface area contributed by atoms with Crippen LogP contribution < -0.4 is 14.8 Å². The zero-order valence-electron chi connectivity index (χ0n) is 27.3. The molecule has 0 bridgehead atoms. The molecule has 0 saturated carbocycles. The highest BCUT2D eigenvalue weighted by Gasteiger charge is 2.20. The molecule has 7 heteroatoms. The first-order chi connectivity index (χ1) is 24.1. The van der Waals surface area contributed by atoms with Crippen LogP contribution in [0.2, 0.25) is 0 Å². The lowest BCUT2D eigenvalue weighted by Gasteiger charge is -2.24. The van der Waals surface area contributed by atoms with Crippen molar-refractivity contribution >= 4 is 45.2 Å². The predicted molar refractivity (Wildman–Crippen MR) is 198 cm³/mol. The lowest BCUT2D eigenvalue weighted by Crippen LogP contribution is -2.45. The Balaban J connectivity index is 1.28. The summed E-state index contributed by atoms with van der Waals surface area (Å²) in [5, 5.41) is 13.2. The fraction of sp³-hybridized carbons (Fsp3) is 0.119. The molecule has 1 heterocycles. The van der Waals surface area contributed by atoms with Crippen LogP contribution in [0.1, 0.15) is 24.5 Å². The Kier molecular flexibility index (Phi) is 9.41. The van der Waals surface area contributed by atoms with E-state index in [4.69, 9.17) is 19.6 Å². The number of nitrogens with one attached hydrogen (secondary N) is 1. The van der Waals surface area contributed by atoms with Gasteiger partial charge in [0.05, 0.1) is 6.54 Å². The van der Waals surface area contributed by atoms with Gasteiger partial charge in [0.1, 0.15) is 29.5 Å². The summed E-state index contributed by atoms with van der Waals surface area (Å²) in [5.74, 6) is 3.23. The third-order valence-corrected chi connectivity index (χ3v) is 8.27. The van der Waals surface area contributed by atoms with Gasteiger partial charge in [-0.2, -0.15) is 5.10 Å². The van der Waals surface area contributed by atoms with E-state index in [0.29, 0.717) is 29.6 Å². The number of aliphatic imine (C=N–C) groups is 1. The van der Waals surface area contributed by atoms with E-state index in [1.165, 1.54) is 5.56 Å². The molecule has 1 N–H and O–H groups in total. The number of hydrazone groups is 1. The first kappa shape index (κ1) is 31.4. The zero-order valence-corrected chi connectivity index (χ0v) is 27.3. The lowest BCUT2D eigenvalue weighted by atomic mass is 10.0. The van der Waals surface area contributed by atoms with Crippen molar-refractivity contribution in [2.75, 3.05) is 13.1 Å². The molecule has 7 nitrogen and oxygen atoms in total. The van der Waals surface area contributed by atoms with Gasteiger partial charge in [-0.15, -0.1) is 0 Å². The molecular weight excluding hydrogens is 608 g/mol. The molecule has 242 valence electrons. The monoisotopic (exact) mass is 644 g/mol. The number of carbonyl (C=O) groups excluding carboxylic acids is 1. The predicted octanol–water partition coefficient (Wildman–Crippen LogP) is 9.58. The van der Waals surface area contributed by atoms with E-state index in [1.807, 2.05) is 128 Å². The molecule has 0 saturated heterocycles. The number of ether oxygens (including phenoxy) is 2. The first-order valence-corrected chi connectivity index (χ1v) is 16.5. The zero-order chi connectivity index (χ0) is 33.4. The summed E-state index contributed by atoms with van der Waals surface area (Å²) in [5.41, 5.74) is 2.75. The maximum atomic E-state index is 12.6. The molecule has 0 spiro atoms. The lowest BCUT2D eigenvalue weighted by molar-refractivity contribution is -0.121. The second kappa shape index (κ2) is 14.7. The number of para-hydroxylation sites is 1. The van der Waals surface area contributed by atoms with Crippen LogP contribution in [0.4, 0.5) is 5.69 Å². The highest BCUT2D eigenvalue weighted by Crippen LogP contribution is 2.42. The molecule has 0 radical (unpaired) electrons. The summed E-state index contributed by atoms with van der Waals surface area (Å²) in [4.78, 5) is 17.7. The van der Waals surface area contributed by atoms with Crippen molar-refractivity contribution < 1.29 is 14.3 Å². The van der Waals surface area contributed by atoms with Gasteiger partial charge >= 0.3 is 0 Å². The molecule has 1 aliphatic rings.